The van der Waals surface area contributed by atoms with E-state index < -0.39 is 0 Å². The minimum atomic E-state index is -0.327. The first-order valence-corrected chi connectivity index (χ1v) is 18.3. The highest BCUT2D eigenvalue weighted by atomic mass is 14.6. The molecule has 7 aromatic carbocycles. The van der Waals surface area contributed by atoms with Gasteiger partial charge in [-0.3, -0.25) is 4.98 Å². The summed E-state index contributed by atoms with van der Waals surface area (Å²) in [6.45, 7) is 4.92. The van der Waals surface area contributed by atoms with E-state index in [-0.39, 0.29) is 10.8 Å². The maximum absolute atomic E-state index is 4.73. The molecule has 1 heteroatoms. The molecule has 11 rings (SSSR count). The summed E-state index contributed by atoms with van der Waals surface area (Å²) in [5.74, 6) is 0. The third-order valence-corrected chi connectivity index (χ3v) is 12.1. The second kappa shape index (κ2) is 10.6. The van der Waals surface area contributed by atoms with Crippen molar-refractivity contribution in [2.24, 2.45) is 0 Å². The fraction of sp³-hybridized carbons (Fsp3) is 0.0784. The highest BCUT2D eigenvalue weighted by Gasteiger charge is 2.59. The van der Waals surface area contributed by atoms with E-state index in [1.54, 1.807) is 0 Å². The Morgan fingerprint density at radius 2 is 0.885 bits per heavy atom. The molecule has 52 heavy (non-hydrogen) atoms. The number of hydrogen-bond acceptors (Lipinski definition) is 1. The minimum absolute atomic E-state index is 0.206. The van der Waals surface area contributed by atoms with Crippen molar-refractivity contribution in [3.05, 3.63) is 215 Å². The van der Waals surface area contributed by atoms with E-state index in [0.29, 0.717) is 0 Å². The van der Waals surface area contributed by atoms with Gasteiger partial charge in [0.05, 0.1) is 10.9 Å². The molecule has 3 aliphatic rings. The zero-order valence-corrected chi connectivity index (χ0v) is 29.2. The third-order valence-electron chi connectivity index (χ3n) is 12.1. The highest BCUT2D eigenvalue weighted by Crippen LogP contribution is 2.69. The van der Waals surface area contributed by atoms with E-state index in [9.17, 15) is 0 Å². The van der Waals surface area contributed by atoms with Crippen molar-refractivity contribution in [1.82, 2.24) is 4.98 Å². The average molecular weight is 662 g/mol. The van der Waals surface area contributed by atoms with Crippen molar-refractivity contribution in [3.8, 4) is 44.5 Å². The molecule has 1 heterocycles. The van der Waals surface area contributed by atoms with Gasteiger partial charge in [-0.15, -0.1) is 0 Å². The van der Waals surface area contributed by atoms with Crippen molar-refractivity contribution >= 4 is 16.5 Å². The van der Waals surface area contributed by atoms with Crippen LogP contribution >= 0.6 is 0 Å². The van der Waals surface area contributed by atoms with Gasteiger partial charge in [-0.2, -0.15) is 0 Å². The minimum Gasteiger partial charge on any atom is -0.256 e. The van der Waals surface area contributed by atoms with Crippen LogP contribution in [0.1, 0.15) is 47.2 Å². The predicted octanol–water partition coefficient (Wildman–Crippen LogP) is 12.7. The zero-order valence-electron chi connectivity index (χ0n) is 29.2. The van der Waals surface area contributed by atoms with Crippen LogP contribution in [0.25, 0.3) is 61.0 Å². The van der Waals surface area contributed by atoms with Gasteiger partial charge in [0.15, 0.2) is 0 Å². The standard InChI is InChI=1S/C51H35N/c1-50(2)46-31-36(34-15-9-14-33(29-34)35-16-10-17-37(30-35)38-22-11-13-32-18-12-28-52-48(32)38)26-27-42(46)47-41-21-5-8-25-45(41)51(49(47)50)43-23-6-3-19-39(43)40-20-4-7-24-44(40)51/h3-31H,1-2H3. The molecule has 0 atom stereocenters. The first-order chi connectivity index (χ1) is 25.5. The summed E-state index contributed by atoms with van der Waals surface area (Å²) < 4.78 is 0. The fourth-order valence-corrected chi connectivity index (χ4v) is 10.0. The molecule has 3 aliphatic carbocycles. The van der Waals surface area contributed by atoms with Crippen LogP contribution in [0.3, 0.4) is 0 Å². The van der Waals surface area contributed by atoms with Crippen LogP contribution in [0.5, 0.6) is 0 Å². The molecule has 1 aromatic heterocycles. The third kappa shape index (κ3) is 3.80. The van der Waals surface area contributed by atoms with E-state index in [0.717, 1.165) is 16.5 Å². The summed E-state index contributed by atoms with van der Waals surface area (Å²) >= 11 is 0. The normalized spacial score (nSPS) is 15.3. The van der Waals surface area contributed by atoms with Crippen LogP contribution in [-0.2, 0) is 10.8 Å². The molecule has 0 saturated carbocycles. The van der Waals surface area contributed by atoms with E-state index in [2.05, 4.69) is 178 Å². The second-order valence-corrected chi connectivity index (χ2v) is 15.1. The summed E-state index contributed by atoms with van der Waals surface area (Å²) in [5.41, 5.74) is 21.7. The van der Waals surface area contributed by atoms with Crippen LogP contribution in [0.2, 0.25) is 0 Å². The lowest BCUT2D eigenvalue weighted by Crippen LogP contribution is -2.35. The van der Waals surface area contributed by atoms with Crippen molar-refractivity contribution in [2.75, 3.05) is 0 Å². The van der Waals surface area contributed by atoms with Crippen molar-refractivity contribution in [3.63, 3.8) is 0 Å². The topological polar surface area (TPSA) is 12.9 Å². The van der Waals surface area contributed by atoms with E-state index in [1.807, 2.05) is 12.3 Å². The number of aromatic nitrogens is 1. The molecule has 0 bridgehead atoms. The van der Waals surface area contributed by atoms with Gasteiger partial charge < -0.3 is 0 Å². The number of para-hydroxylation sites is 1. The van der Waals surface area contributed by atoms with Crippen LogP contribution in [0.15, 0.2) is 182 Å². The number of pyridine rings is 1. The van der Waals surface area contributed by atoms with Gasteiger partial charge in [-0.05, 0) is 108 Å². The monoisotopic (exact) mass is 661 g/mol. The SMILES string of the molecule is CC1(C)C2=C(c3ccc(-c4cccc(-c5cccc(-c6cccc7cccnc67)c5)c4)cc31)c1ccccc1C21c2ccccc2-c2ccccc21. The van der Waals surface area contributed by atoms with Crippen molar-refractivity contribution in [2.45, 2.75) is 24.7 Å². The van der Waals surface area contributed by atoms with Crippen molar-refractivity contribution in [1.29, 1.82) is 0 Å². The van der Waals surface area contributed by atoms with Gasteiger partial charge in [0.25, 0.3) is 0 Å². The van der Waals surface area contributed by atoms with E-state index >= 15 is 0 Å². The Kier molecular flexibility index (Phi) is 6.00. The smallest absolute Gasteiger partial charge is 0.0780 e. The Hall–Kier alpha value is -6.31. The number of hydrogen-bond donors (Lipinski definition) is 0. The van der Waals surface area contributed by atoms with Gasteiger partial charge in [0.1, 0.15) is 0 Å². The number of benzene rings is 7. The van der Waals surface area contributed by atoms with Crippen LogP contribution in [0, 0.1) is 0 Å². The summed E-state index contributed by atoms with van der Waals surface area (Å²) in [4.78, 5) is 4.73. The van der Waals surface area contributed by atoms with Gasteiger partial charge in [0.2, 0.25) is 0 Å². The molecule has 244 valence electrons. The lowest BCUT2D eigenvalue weighted by molar-refractivity contribution is 0.555. The molecule has 0 aliphatic heterocycles. The molecule has 0 amide bonds. The van der Waals surface area contributed by atoms with Gasteiger partial charge in [-0.25, -0.2) is 0 Å². The molecule has 8 aromatic rings. The lowest BCUT2D eigenvalue weighted by Gasteiger charge is -2.39. The zero-order chi connectivity index (χ0) is 34.6. The Bertz CT molecular complexity index is 2780. The molecule has 1 spiro atoms. The van der Waals surface area contributed by atoms with Gasteiger partial charge >= 0.3 is 0 Å². The Labute approximate surface area is 304 Å². The molecule has 0 saturated heterocycles. The fourth-order valence-electron chi connectivity index (χ4n) is 10.0. The molecule has 0 unspecified atom stereocenters. The molecule has 0 N–H and O–H groups in total. The Morgan fingerprint density at radius 3 is 1.58 bits per heavy atom. The Balaban J connectivity index is 1.04. The Morgan fingerprint density at radius 1 is 0.385 bits per heavy atom. The summed E-state index contributed by atoms with van der Waals surface area (Å²) in [6.07, 6.45) is 1.88. The predicted molar refractivity (Wildman–Crippen MR) is 215 cm³/mol. The number of allylic oxidation sites excluding steroid dienone is 1. The quantitative estimate of drug-likeness (QED) is 0.184. The molecular weight excluding hydrogens is 627 g/mol. The first kappa shape index (κ1) is 29.4. The molecule has 0 radical (unpaired) electrons. The molecular formula is C51H35N. The van der Waals surface area contributed by atoms with Crippen LogP contribution < -0.4 is 0 Å². The average Bonchev–Trinajstić information content (AvgIpc) is 3.77. The maximum Gasteiger partial charge on any atom is 0.0780 e. The van der Waals surface area contributed by atoms with E-state index in [4.69, 9.17) is 4.98 Å². The van der Waals surface area contributed by atoms with E-state index in [1.165, 1.54) is 83.5 Å². The van der Waals surface area contributed by atoms with Gasteiger partial charge in [0, 0.05) is 22.6 Å². The largest absolute Gasteiger partial charge is 0.256 e. The number of nitrogens with zero attached hydrogens (tertiary/aromatic N) is 1. The van der Waals surface area contributed by atoms with Gasteiger partial charge in [-0.1, -0.05) is 159 Å². The molecule has 0 fully saturated rings. The second-order valence-electron chi connectivity index (χ2n) is 15.1. The lowest BCUT2D eigenvalue weighted by atomic mass is 9.62. The number of fused-ring (bicyclic) bond motifs is 12. The summed E-state index contributed by atoms with van der Waals surface area (Å²) in [5, 5.41) is 1.16. The summed E-state index contributed by atoms with van der Waals surface area (Å²) in [6, 6.07) is 63.1. The molecule has 1 nitrogen and oxygen atoms in total. The highest BCUT2D eigenvalue weighted by molar-refractivity contribution is 6.03. The van der Waals surface area contributed by atoms with Crippen molar-refractivity contribution < 1.29 is 0 Å². The van der Waals surface area contributed by atoms with Crippen LogP contribution in [0.4, 0.5) is 0 Å². The maximum atomic E-state index is 4.73. The summed E-state index contributed by atoms with van der Waals surface area (Å²) in [7, 11) is 0. The first-order valence-electron chi connectivity index (χ1n) is 18.3. The number of rotatable bonds is 3. The van der Waals surface area contributed by atoms with Crippen LogP contribution in [-0.4, -0.2) is 4.98 Å².